The van der Waals surface area contributed by atoms with Crippen molar-refractivity contribution in [2.75, 3.05) is 13.2 Å². The summed E-state index contributed by atoms with van der Waals surface area (Å²) in [7, 11) is 0. The molecule has 1 aromatic carbocycles. The maximum absolute atomic E-state index is 9.51. The van der Waals surface area contributed by atoms with Crippen molar-refractivity contribution >= 4 is 0 Å². The molecule has 0 heterocycles. The fraction of sp³-hybridized carbons (Fsp3) is 0.500. The average molecular weight is 241 g/mol. The van der Waals surface area contributed by atoms with Crippen LogP contribution < -0.4 is 5.32 Å². The molecular formula is C12H19NO4. The first-order chi connectivity index (χ1) is 8.15. The van der Waals surface area contributed by atoms with Crippen LogP contribution in [0.25, 0.3) is 0 Å². The maximum Gasteiger partial charge on any atom is 0.109 e. The second-order valence-electron chi connectivity index (χ2n) is 3.92. The molecule has 5 heteroatoms. The summed E-state index contributed by atoms with van der Waals surface area (Å²) in [6, 6.07) is 9.63. The first kappa shape index (κ1) is 14.1. The van der Waals surface area contributed by atoms with Crippen LogP contribution in [-0.4, -0.2) is 51.9 Å². The molecule has 0 saturated heterocycles. The van der Waals surface area contributed by atoms with Crippen LogP contribution in [0.1, 0.15) is 5.56 Å². The van der Waals surface area contributed by atoms with E-state index in [0.717, 1.165) is 5.56 Å². The van der Waals surface area contributed by atoms with Crippen LogP contribution in [0.4, 0.5) is 0 Å². The van der Waals surface area contributed by atoms with Crippen molar-refractivity contribution < 1.29 is 20.4 Å². The zero-order valence-electron chi connectivity index (χ0n) is 9.53. The van der Waals surface area contributed by atoms with Gasteiger partial charge in [-0.25, -0.2) is 0 Å². The number of aliphatic hydroxyl groups excluding tert-OH is 4. The molecule has 0 radical (unpaired) electrons. The standard InChI is InChI=1S/C12H19NO4/c14-8-11(16)12(17)10(15)7-13-6-9-4-2-1-3-5-9/h1-5,10-17H,6-8H2/t10-,11+,12-/m0/s1. The first-order valence-corrected chi connectivity index (χ1v) is 5.55. The van der Waals surface area contributed by atoms with Crippen molar-refractivity contribution in [2.24, 2.45) is 0 Å². The number of hydrogen-bond donors (Lipinski definition) is 5. The summed E-state index contributed by atoms with van der Waals surface area (Å²) in [5, 5.41) is 39.6. The zero-order valence-corrected chi connectivity index (χ0v) is 9.53. The Morgan fingerprint density at radius 1 is 1.00 bits per heavy atom. The van der Waals surface area contributed by atoms with E-state index < -0.39 is 24.9 Å². The second-order valence-corrected chi connectivity index (χ2v) is 3.92. The van der Waals surface area contributed by atoms with Gasteiger partial charge in [0.25, 0.3) is 0 Å². The molecule has 1 rings (SSSR count). The van der Waals surface area contributed by atoms with Crippen LogP contribution in [0.5, 0.6) is 0 Å². The van der Waals surface area contributed by atoms with E-state index in [2.05, 4.69) is 5.32 Å². The minimum absolute atomic E-state index is 0.146. The molecule has 0 amide bonds. The van der Waals surface area contributed by atoms with E-state index in [4.69, 9.17) is 10.2 Å². The number of benzene rings is 1. The van der Waals surface area contributed by atoms with E-state index in [9.17, 15) is 10.2 Å². The molecule has 96 valence electrons. The van der Waals surface area contributed by atoms with Crippen molar-refractivity contribution in [1.82, 2.24) is 5.32 Å². The molecule has 0 bridgehead atoms. The van der Waals surface area contributed by atoms with Crippen LogP contribution in [0, 0.1) is 0 Å². The molecule has 5 N–H and O–H groups in total. The van der Waals surface area contributed by atoms with Crippen molar-refractivity contribution in [2.45, 2.75) is 24.9 Å². The Kier molecular flexibility index (Phi) is 6.10. The van der Waals surface area contributed by atoms with Gasteiger partial charge in [0.1, 0.15) is 12.2 Å². The van der Waals surface area contributed by atoms with Gasteiger partial charge >= 0.3 is 0 Å². The first-order valence-electron chi connectivity index (χ1n) is 5.55. The minimum atomic E-state index is -1.34. The molecule has 17 heavy (non-hydrogen) atoms. The van der Waals surface area contributed by atoms with Crippen molar-refractivity contribution in [3.63, 3.8) is 0 Å². The van der Waals surface area contributed by atoms with Crippen molar-refractivity contribution in [3.05, 3.63) is 35.9 Å². The summed E-state index contributed by atoms with van der Waals surface area (Å²) in [6.45, 7) is 0.143. The van der Waals surface area contributed by atoms with Gasteiger partial charge in [0.15, 0.2) is 0 Å². The molecule has 0 aliphatic rings. The summed E-state index contributed by atoms with van der Waals surface area (Å²) in [6.07, 6.45) is -3.77. The predicted molar refractivity (Wildman–Crippen MR) is 63.3 cm³/mol. The van der Waals surface area contributed by atoms with Crippen LogP contribution in [0.3, 0.4) is 0 Å². The SMILES string of the molecule is OC[C@@H](O)[C@@H](O)[C@@H](O)CNCc1ccccc1. The summed E-state index contributed by atoms with van der Waals surface area (Å²) in [4.78, 5) is 0. The highest BCUT2D eigenvalue weighted by atomic mass is 16.4. The fourth-order valence-corrected chi connectivity index (χ4v) is 1.45. The highest BCUT2D eigenvalue weighted by Gasteiger charge is 2.23. The predicted octanol–water partition coefficient (Wildman–Crippen LogP) is -1.15. The van der Waals surface area contributed by atoms with E-state index in [1.54, 1.807) is 0 Å². The topological polar surface area (TPSA) is 93.0 Å². The highest BCUT2D eigenvalue weighted by molar-refractivity contribution is 5.14. The number of nitrogens with one attached hydrogen (secondary N) is 1. The van der Waals surface area contributed by atoms with Gasteiger partial charge < -0.3 is 25.7 Å². The van der Waals surface area contributed by atoms with E-state index in [1.807, 2.05) is 30.3 Å². The zero-order chi connectivity index (χ0) is 12.7. The van der Waals surface area contributed by atoms with Crippen LogP contribution in [0.2, 0.25) is 0 Å². The molecule has 0 aliphatic heterocycles. The molecular weight excluding hydrogens is 222 g/mol. The molecule has 0 aliphatic carbocycles. The number of aliphatic hydroxyl groups is 4. The van der Waals surface area contributed by atoms with Gasteiger partial charge in [-0.3, -0.25) is 0 Å². The highest BCUT2D eigenvalue weighted by Crippen LogP contribution is 2.01. The molecule has 3 atom stereocenters. The Hall–Kier alpha value is -0.980. The van der Waals surface area contributed by atoms with Crippen molar-refractivity contribution in [3.8, 4) is 0 Å². The Balaban J connectivity index is 2.27. The Bertz CT molecular complexity index is 307. The molecule has 5 nitrogen and oxygen atoms in total. The van der Waals surface area contributed by atoms with Gasteiger partial charge in [0, 0.05) is 13.1 Å². The van der Waals surface area contributed by atoms with Gasteiger partial charge in [-0.1, -0.05) is 30.3 Å². The lowest BCUT2D eigenvalue weighted by Gasteiger charge is -2.21. The van der Waals surface area contributed by atoms with Gasteiger partial charge in [-0.05, 0) is 5.56 Å². The monoisotopic (exact) mass is 241 g/mol. The molecule has 0 fully saturated rings. The Morgan fingerprint density at radius 3 is 2.24 bits per heavy atom. The lowest BCUT2D eigenvalue weighted by Crippen LogP contribution is -2.44. The van der Waals surface area contributed by atoms with Gasteiger partial charge in [-0.2, -0.15) is 0 Å². The number of hydrogen-bond acceptors (Lipinski definition) is 5. The second kappa shape index (κ2) is 7.37. The smallest absolute Gasteiger partial charge is 0.109 e. The van der Waals surface area contributed by atoms with Gasteiger partial charge in [0.2, 0.25) is 0 Å². The fourth-order valence-electron chi connectivity index (χ4n) is 1.45. The van der Waals surface area contributed by atoms with Crippen LogP contribution in [-0.2, 0) is 6.54 Å². The van der Waals surface area contributed by atoms with Gasteiger partial charge in [-0.15, -0.1) is 0 Å². The normalized spacial score (nSPS) is 16.5. The van der Waals surface area contributed by atoms with E-state index in [0.29, 0.717) is 6.54 Å². The molecule has 0 spiro atoms. The van der Waals surface area contributed by atoms with Crippen molar-refractivity contribution in [1.29, 1.82) is 0 Å². The number of rotatable bonds is 7. The third-order valence-electron chi connectivity index (χ3n) is 2.50. The van der Waals surface area contributed by atoms with Gasteiger partial charge in [0.05, 0.1) is 12.7 Å². The Morgan fingerprint density at radius 2 is 1.65 bits per heavy atom. The summed E-state index contributed by atoms with van der Waals surface area (Å²) in [5.74, 6) is 0. The lowest BCUT2D eigenvalue weighted by molar-refractivity contribution is -0.0750. The molecule has 0 aromatic heterocycles. The third-order valence-corrected chi connectivity index (χ3v) is 2.50. The molecule has 1 aromatic rings. The van der Waals surface area contributed by atoms with E-state index >= 15 is 0 Å². The molecule has 0 saturated carbocycles. The van der Waals surface area contributed by atoms with Crippen LogP contribution >= 0.6 is 0 Å². The molecule has 0 unspecified atom stereocenters. The van der Waals surface area contributed by atoms with Crippen LogP contribution in [0.15, 0.2) is 30.3 Å². The van der Waals surface area contributed by atoms with E-state index in [1.165, 1.54) is 0 Å². The Labute approximate surface area is 100 Å². The average Bonchev–Trinajstić information content (AvgIpc) is 2.38. The van der Waals surface area contributed by atoms with E-state index in [-0.39, 0.29) is 6.54 Å². The third kappa shape index (κ3) is 4.80. The minimum Gasteiger partial charge on any atom is -0.394 e. The summed E-state index contributed by atoms with van der Waals surface area (Å²) >= 11 is 0. The largest absolute Gasteiger partial charge is 0.394 e. The maximum atomic E-state index is 9.51. The lowest BCUT2D eigenvalue weighted by atomic mass is 10.1. The summed E-state index contributed by atoms with van der Waals surface area (Å²) < 4.78 is 0. The quantitative estimate of drug-likeness (QED) is 0.416. The summed E-state index contributed by atoms with van der Waals surface area (Å²) in [5.41, 5.74) is 1.07.